The van der Waals surface area contributed by atoms with Crippen molar-refractivity contribution in [2.45, 2.75) is 31.7 Å². The van der Waals surface area contributed by atoms with Gasteiger partial charge in [0, 0.05) is 26.8 Å². The van der Waals surface area contributed by atoms with E-state index in [1.165, 1.54) is 17.8 Å². The molecule has 1 aliphatic heterocycles. The van der Waals surface area contributed by atoms with Crippen molar-refractivity contribution in [3.8, 4) is 5.75 Å². The van der Waals surface area contributed by atoms with Crippen molar-refractivity contribution in [2.24, 2.45) is 14.1 Å². The molecule has 3 heterocycles. The molecule has 0 bridgehead atoms. The quantitative estimate of drug-likeness (QED) is 0.647. The highest BCUT2D eigenvalue weighted by Gasteiger charge is 2.28. The third-order valence-corrected chi connectivity index (χ3v) is 6.05. The SMILES string of the molecule is COc1ccc(C2CCCCCN2C(=O)c2cnc3c(c2)c(=O)n(C)c(=O)n3C)cc1. The predicted molar refractivity (Wildman–Crippen MR) is 117 cm³/mol. The van der Waals surface area contributed by atoms with Crippen LogP contribution in [-0.2, 0) is 14.1 Å². The lowest BCUT2D eigenvalue weighted by molar-refractivity contribution is 0.0680. The molecule has 0 N–H and O–H groups in total. The van der Waals surface area contributed by atoms with Gasteiger partial charge in [0.15, 0.2) is 0 Å². The summed E-state index contributed by atoms with van der Waals surface area (Å²) in [7, 11) is 4.61. The molecule has 0 saturated carbocycles. The van der Waals surface area contributed by atoms with E-state index in [1.807, 2.05) is 29.2 Å². The van der Waals surface area contributed by atoms with Crippen LogP contribution in [0, 0.1) is 0 Å². The smallest absolute Gasteiger partial charge is 0.332 e. The number of carbonyl (C=O) groups excluding carboxylic acids is 1. The van der Waals surface area contributed by atoms with Gasteiger partial charge in [-0.2, -0.15) is 0 Å². The first-order valence-corrected chi connectivity index (χ1v) is 10.4. The lowest BCUT2D eigenvalue weighted by Gasteiger charge is -2.30. The molecule has 0 aliphatic carbocycles. The van der Waals surface area contributed by atoms with Crippen LogP contribution in [0.1, 0.15) is 47.6 Å². The minimum absolute atomic E-state index is 0.0560. The number of ether oxygens (including phenoxy) is 1. The minimum Gasteiger partial charge on any atom is -0.497 e. The van der Waals surface area contributed by atoms with Crippen molar-refractivity contribution in [1.29, 1.82) is 0 Å². The summed E-state index contributed by atoms with van der Waals surface area (Å²) >= 11 is 0. The van der Waals surface area contributed by atoms with Crippen LogP contribution in [0.2, 0.25) is 0 Å². The monoisotopic (exact) mass is 422 g/mol. The summed E-state index contributed by atoms with van der Waals surface area (Å²) in [5, 5.41) is 0.256. The van der Waals surface area contributed by atoms with Crippen molar-refractivity contribution < 1.29 is 9.53 Å². The number of aryl methyl sites for hydroxylation is 1. The lowest BCUT2D eigenvalue weighted by atomic mass is 10.00. The van der Waals surface area contributed by atoms with Crippen molar-refractivity contribution >= 4 is 16.9 Å². The fraction of sp³-hybridized carbons (Fsp3) is 0.391. The van der Waals surface area contributed by atoms with E-state index in [2.05, 4.69) is 4.98 Å². The van der Waals surface area contributed by atoms with Crippen molar-refractivity contribution in [2.75, 3.05) is 13.7 Å². The highest BCUT2D eigenvalue weighted by Crippen LogP contribution is 2.32. The molecule has 1 saturated heterocycles. The first kappa shape index (κ1) is 20.8. The Morgan fingerprint density at radius 3 is 2.52 bits per heavy atom. The fourth-order valence-corrected chi connectivity index (χ4v) is 4.27. The van der Waals surface area contributed by atoms with Crippen LogP contribution >= 0.6 is 0 Å². The van der Waals surface area contributed by atoms with Gasteiger partial charge in [-0.25, -0.2) is 9.78 Å². The van der Waals surface area contributed by atoms with Crippen LogP contribution in [0.3, 0.4) is 0 Å². The van der Waals surface area contributed by atoms with Gasteiger partial charge in [0.05, 0.1) is 24.1 Å². The summed E-state index contributed by atoms with van der Waals surface area (Å²) in [6, 6.07) is 9.32. The molecule has 1 aliphatic rings. The second kappa shape index (κ2) is 8.37. The Labute approximate surface area is 179 Å². The summed E-state index contributed by atoms with van der Waals surface area (Å²) in [6.07, 6.45) is 5.36. The number of hydrogen-bond donors (Lipinski definition) is 0. The summed E-state index contributed by atoms with van der Waals surface area (Å²) in [6.45, 7) is 0.638. The van der Waals surface area contributed by atoms with Crippen LogP contribution in [0.25, 0.3) is 11.0 Å². The van der Waals surface area contributed by atoms with Crippen LogP contribution < -0.4 is 16.0 Å². The van der Waals surface area contributed by atoms with E-state index in [0.29, 0.717) is 12.1 Å². The predicted octanol–water partition coefficient (Wildman–Crippen LogP) is 2.40. The number of benzene rings is 1. The minimum atomic E-state index is -0.456. The van der Waals surface area contributed by atoms with Crippen LogP contribution in [0.5, 0.6) is 5.75 Å². The van der Waals surface area contributed by atoms with Gasteiger partial charge in [-0.1, -0.05) is 25.0 Å². The molecule has 1 atom stereocenters. The van der Waals surface area contributed by atoms with Gasteiger partial charge in [-0.15, -0.1) is 0 Å². The maximum absolute atomic E-state index is 13.5. The molecule has 4 rings (SSSR count). The van der Waals surface area contributed by atoms with E-state index in [4.69, 9.17) is 4.74 Å². The number of amides is 1. The Balaban J connectivity index is 1.75. The zero-order valence-corrected chi connectivity index (χ0v) is 18.0. The number of fused-ring (bicyclic) bond motifs is 1. The Morgan fingerprint density at radius 2 is 1.81 bits per heavy atom. The third kappa shape index (κ3) is 3.73. The van der Waals surface area contributed by atoms with Crippen LogP contribution in [-0.4, -0.2) is 38.6 Å². The molecule has 0 radical (unpaired) electrons. The van der Waals surface area contributed by atoms with E-state index >= 15 is 0 Å². The fourth-order valence-electron chi connectivity index (χ4n) is 4.27. The molecule has 31 heavy (non-hydrogen) atoms. The first-order valence-electron chi connectivity index (χ1n) is 10.4. The Bertz CT molecular complexity index is 1240. The van der Waals surface area contributed by atoms with Gasteiger partial charge in [-0.3, -0.25) is 18.7 Å². The second-order valence-corrected chi connectivity index (χ2v) is 7.94. The van der Waals surface area contributed by atoms with Gasteiger partial charge < -0.3 is 9.64 Å². The lowest BCUT2D eigenvalue weighted by Crippen LogP contribution is -2.38. The molecule has 1 fully saturated rings. The number of methoxy groups -OCH3 is 1. The van der Waals surface area contributed by atoms with Gasteiger partial charge in [0.2, 0.25) is 0 Å². The molecule has 1 aromatic carbocycles. The number of pyridine rings is 1. The number of nitrogens with zero attached hydrogens (tertiary/aromatic N) is 4. The van der Waals surface area contributed by atoms with Gasteiger partial charge in [0.25, 0.3) is 11.5 Å². The van der Waals surface area contributed by atoms with E-state index in [9.17, 15) is 14.4 Å². The number of likely N-dealkylation sites (tertiary alicyclic amines) is 1. The van der Waals surface area contributed by atoms with Gasteiger partial charge in [0.1, 0.15) is 11.4 Å². The normalized spacial score (nSPS) is 16.9. The average molecular weight is 422 g/mol. The Morgan fingerprint density at radius 1 is 1.06 bits per heavy atom. The maximum Gasteiger partial charge on any atom is 0.332 e. The molecule has 2 aromatic heterocycles. The van der Waals surface area contributed by atoms with Crippen LogP contribution in [0.15, 0.2) is 46.1 Å². The summed E-state index contributed by atoms with van der Waals surface area (Å²) in [4.78, 5) is 44.5. The third-order valence-electron chi connectivity index (χ3n) is 6.05. The molecule has 8 nitrogen and oxygen atoms in total. The molecule has 162 valence electrons. The summed E-state index contributed by atoms with van der Waals surface area (Å²) in [5.41, 5.74) is 0.776. The van der Waals surface area contributed by atoms with Crippen molar-refractivity contribution in [3.05, 3.63) is 68.5 Å². The highest BCUT2D eigenvalue weighted by molar-refractivity contribution is 5.97. The molecule has 3 aromatic rings. The molecular weight excluding hydrogens is 396 g/mol. The largest absolute Gasteiger partial charge is 0.497 e. The Hall–Kier alpha value is -3.42. The van der Waals surface area contributed by atoms with E-state index < -0.39 is 11.2 Å². The second-order valence-electron chi connectivity index (χ2n) is 7.94. The van der Waals surface area contributed by atoms with Crippen molar-refractivity contribution in [3.63, 3.8) is 0 Å². The Kier molecular flexibility index (Phi) is 5.63. The topological polar surface area (TPSA) is 86.4 Å². The molecule has 1 amide bonds. The van der Waals surface area contributed by atoms with E-state index in [0.717, 1.165) is 41.6 Å². The van der Waals surface area contributed by atoms with E-state index in [1.54, 1.807) is 20.2 Å². The molecule has 1 unspecified atom stereocenters. The average Bonchev–Trinajstić information content (AvgIpc) is 3.06. The summed E-state index contributed by atoms with van der Waals surface area (Å²) < 4.78 is 7.61. The standard InChI is InChI=1S/C23H26N4O4/c1-25-20-18(22(29)26(2)23(25)30)13-16(14-24-20)21(28)27-12-6-4-5-7-19(27)15-8-10-17(31-3)11-9-15/h8-11,13-14,19H,4-7,12H2,1-3H3. The number of hydrogen-bond acceptors (Lipinski definition) is 5. The van der Waals surface area contributed by atoms with Crippen molar-refractivity contribution in [1.82, 2.24) is 19.0 Å². The number of rotatable bonds is 3. The highest BCUT2D eigenvalue weighted by atomic mass is 16.5. The number of aromatic nitrogens is 3. The van der Waals surface area contributed by atoms with E-state index in [-0.39, 0.29) is 23.0 Å². The zero-order chi connectivity index (χ0) is 22.1. The van der Waals surface area contributed by atoms with Gasteiger partial charge >= 0.3 is 5.69 Å². The first-order chi connectivity index (χ1) is 14.9. The molecule has 0 spiro atoms. The number of carbonyl (C=O) groups is 1. The van der Waals surface area contributed by atoms with Gasteiger partial charge in [-0.05, 0) is 36.6 Å². The summed E-state index contributed by atoms with van der Waals surface area (Å²) in [5.74, 6) is 0.614. The molecule has 8 heteroatoms. The van der Waals surface area contributed by atoms with Crippen LogP contribution in [0.4, 0.5) is 0 Å². The molecular formula is C23H26N4O4. The zero-order valence-electron chi connectivity index (χ0n) is 18.0. The maximum atomic E-state index is 13.5.